The van der Waals surface area contributed by atoms with Gasteiger partial charge >= 0.3 is 0 Å². The van der Waals surface area contributed by atoms with Crippen molar-refractivity contribution >= 4 is 17.4 Å². The van der Waals surface area contributed by atoms with Gasteiger partial charge in [-0.25, -0.2) is 9.50 Å². The van der Waals surface area contributed by atoms with Crippen molar-refractivity contribution in [2.45, 2.75) is 12.8 Å². The van der Waals surface area contributed by atoms with Crippen molar-refractivity contribution < 1.29 is 4.79 Å². The van der Waals surface area contributed by atoms with E-state index in [0.717, 1.165) is 18.9 Å². The molecule has 0 aromatic carbocycles. The van der Waals surface area contributed by atoms with Crippen molar-refractivity contribution in [1.82, 2.24) is 14.6 Å². The Morgan fingerprint density at radius 3 is 2.82 bits per heavy atom. The van der Waals surface area contributed by atoms with Crippen molar-refractivity contribution in [2.75, 3.05) is 18.0 Å². The summed E-state index contributed by atoms with van der Waals surface area (Å²) >= 11 is 0. The van der Waals surface area contributed by atoms with Gasteiger partial charge < -0.3 is 10.6 Å². The maximum absolute atomic E-state index is 11.2. The summed E-state index contributed by atoms with van der Waals surface area (Å²) in [5.41, 5.74) is 6.18. The molecule has 1 fully saturated rings. The van der Waals surface area contributed by atoms with Crippen molar-refractivity contribution in [3.8, 4) is 0 Å². The number of amides is 1. The highest BCUT2D eigenvalue weighted by molar-refractivity contribution is 5.98. The molecular weight excluding hydrogens is 218 g/mol. The zero-order valence-electron chi connectivity index (χ0n) is 9.33. The van der Waals surface area contributed by atoms with Crippen molar-refractivity contribution in [3.05, 3.63) is 24.0 Å². The number of anilines is 1. The summed E-state index contributed by atoms with van der Waals surface area (Å²) in [7, 11) is 0. The Kier molecular flexibility index (Phi) is 2.21. The SMILES string of the molecule is NC(=O)c1cnn2ccc(N3CCCC3)nc12. The Morgan fingerprint density at radius 2 is 2.12 bits per heavy atom. The van der Waals surface area contributed by atoms with E-state index in [1.807, 2.05) is 12.3 Å². The molecule has 0 saturated carbocycles. The highest BCUT2D eigenvalue weighted by Crippen LogP contribution is 2.19. The third kappa shape index (κ3) is 1.61. The monoisotopic (exact) mass is 231 g/mol. The lowest BCUT2D eigenvalue weighted by Gasteiger charge is -2.15. The first-order valence-electron chi connectivity index (χ1n) is 5.65. The van der Waals surface area contributed by atoms with Crippen LogP contribution in [0.15, 0.2) is 18.5 Å². The van der Waals surface area contributed by atoms with Crippen LogP contribution < -0.4 is 10.6 Å². The van der Waals surface area contributed by atoms with Crippen molar-refractivity contribution in [1.29, 1.82) is 0 Å². The van der Waals surface area contributed by atoms with Gasteiger partial charge in [0, 0.05) is 19.3 Å². The van der Waals surface area contributed by atoms with Crippen LogP contribution in [0, 0.1) is 0 Å². The highest BCUT2D eigenvalue weighted by atomic mass is 16.1. The number of carbonyl (C=O) groups is 1. The average Bonchev–Trinajstić information content (AvgIpc) is 2.97. The Balaban J connectivity index is 2.09. The fourth-order valence-corrected chi connectivity index (χ4v) is 2.16. The molecule has 1 aliphatic rings. The third-order valence-corrected chi connectivity index (χ3v) is 3.05. The predicted octanol–water partition coefficient (Wildman–Crippen LogP) is 0.428. The molecular formula is C11H13N5O. The molecule has 0 aliphatic carbocycles. The fourth-order valence-electron chi connectivity index (χ4n) is 2.16. The Labute approximate surface area is 98.0 Å². The highest BCUT2D eigenvalue weighted by Gasteiger charge is 2.16. The van der Waals surface area contributed by atoms with E-state index in [9.17, 15) is 4.79 Å². The molecule has 0 spiro atoms. The number of rotatable bonds is 2. The van der Waals surface area contributed by atoms with Crippen molar-refractivity contribution in [3.63, 3.8) is 0 Å². The van der Waals surface area contributed by atoms with E-state index < -0.39 is 5.91 Å². The molecule has 0 atom stereocenters. The standard InChI is InChI=1S/C11H13N5O/c12-10(17)8-7-13-16-6-3-9(14-11(8)16)15-4-1-2-5-15/h3,6-7H,1-2,4-5H2,(H2,12,17). The van der Waals surface area contributed by atoms with Crippen LogP contribution in [0.25, 0.3) is 5.65 Å². The summed E-state index contributed by atoms with van der Waals surface area (Å²) in [4.78, 5) is 17.9. The minimum Gasteiger partial charge on any atom is -0.365 e. The summed E-state index contributed by atoms with van der Waals surface area (Å²) in [6.45, 7) is 2.03. The Bertz CT molecular complexity index is 570. The van der Waals surface area contributed by atoms with Gasteiger partial charge in [0.25, 0.3) is 5.91 Å². The average molecular weight is 231 g/mol. The molecule has 2 aromatic heterocycles. The first-order chi connectivity index (χ1) is 8.25. The largest absolute Gasteiger partial charge is 0.365 e. The van der Waals surface area contributed by atoms with Crippen molar-refractivity contribution in [2.24, 2.45) is 5.73 Å². The van der Waals surface area contributed by atoms with Crippen LogP contribution in [-0.2, 0) is 0 Å². The Morgan fingerprint density at radius 1 is 1.35 bits per heavy atom. The smallest absolute Gasteiger partial charge is 0.254 e. The molecule has 2 N–H and O–H groups in total. The molecule has 88 valence electrons. The number of nitrogens with zero attached hydrogens (tertiary/aromatic N) is 4. The van der Waals surface area contributed by atoms with Gasteiger partial charge in [-0.2, -0.15) is 5.10 Å². The topological polar surface area (TPSA) is 76.5 Å². The number of primary amides is 1. The molecule has 1 aliphatic heterocycles. The normalized spacial score (nSPS) is 15.6. The summed E-state index contributed by atoms with van der Waals surface area (Å²) in [5.74, 6) is 0.393. The zero-order chi connectivity index (χ0) is 11.8. The fraction of sp³-hybridized carbons (Fsp3) is 0.364. The first-order valence-corrected chi connectivity index (χ1v) is 5.65. The lowest BCUT2D eigenvalue weighted by atomic mass is 10.3. The van der Waals surface area contributed by atoms with Gasteiger partial charge in [-0.1, -0.05) is 0 Å². The molecule has 6 nitrogen and oxygen atoms in total. The molecule has 3 heterocycles. The molecule has 0 unspecified atom stereocenters. The van der Waals surface area contributed by atoms with E-state index in [-0.39, 0.29) is 0 Å². The lowest BCUT2D eigenvalue weighted by Crippen LogP contribution is -2.19. The van der Waals surface area contributed by atoms with Crippen LogP contribution in [-0.4, -0.2) is 33.6 Å². The maximum atomic E-state index is 11.2. The molecule has 1 saturated heterocycles. The third-order valence-electron chi connectivity index (χ3n) is 3.05. The molecule has 0 bridgehead atoms. The quantitative estimate of drug-likeness (QED) is 0.813. The van der Waals surface area contributed by atoms with Gasteiger partial charge in [0.05, 0.1) is 6.20 Å². The van der Waals surface area contributed by atoms with E-state index in [1.165, 1.54) is 19.0 Å². The van der Waals surface area contributed by atoms with Gasteiger partial charge in [0.2, 0.25) is 0 Å². The Hall–Kier alpha value is -2.11. The first kappa shape index (κ1) is 10.1. The molecule has 0 radical (unpaired) electrons. The van der Waals surface area contributed by atoms with Gasteiger partial charge in [0.1, 0.15) is 11.4 Å². The molecule has 6 heteroatoms. The van der Waals surface area contributed by atoms with Gasteiger partial charge in [0.15, 0.2) is 5.65 Å². The number of hydrogen-bond donors (Lipinski definition) is 1. The van der Waals surface area contributed by atoms with E-state index in [1.54, 1.807) is 4.52 Å². The number of hydrogen-bond acceptors (Lipinski definition) is 4. The molecule has 17 heavy (non-hydrogen) atoms. The van der Waals surface area contributed by atoms with E-state index in [2.05, 4.69) is 15.0 Å². The summed E-state index contributed by atoms with van der Waals surface area (Å²) < 4.78 is 1.57. The number of carbonyl (C=O) groups excluding carboxylic acids is 1. The summed E-state index contributed by atoms with van der Waals surface area (Å²) in [6.07, 6.45) is 5.64. The van der Waals surface area contributed by atoms with Crippen LogP contribution in [0.1, 0.15) is 23.2 Å². The minimum absolute atomic E-state index is 0.367. The van der Waals surface area contributed by atoms with Crippen LogP contribution >= 0.6 is 0 Å². The zero-order valence-corrected chi connectivity index (χ0v) is 9.33. The van der Waals surface area contributed by atoms with Crippen LogP contribution in [0.3, 0.4) is 0 Å². The summed E-state index contributed by atoms with van der Waals surface area (Å²) in [6, 6.07) is 1.91. The van der Waals surface area contributed by atoms with E-state index >= 15 is 0 Å². The van der Waals surface area contributed by atoms with Gasteiger partial charge in [-0.15, -0.1) is 0 Å². The molecule has 3 rings (SSSR count). The van der Waals surface area contributed by atoms with Gasteiger partial charge in [-0.3, -0.25) is 4.79 Å². The van der Waals surface area contributed by atoms with Crippen LogP contribution in [0.2, 0.25) is 0 Å². The predicted molar refractivity (Wildman–Crippen MR) is 63.0 cm³/mol. The maximum Gasteiger partial charge on any atom is 0.254 e. The van der Waals surface area contributed by atoms with Gasteiger partial charge in [-0.05, 0) is 18.9 Å². The van der Waals surface area contributed by atoms with Crippen LogP contribution in [0.5, 0.6) is 0 Å². The molecule has 2 aromatic rings. The number of aromatic nitrogens is 3. The van der Waals surface area contributed by atoms with E-state index in [4.69, 9.17) is 5.73 Å². The number of fused-ring (bicyclic) bond motifs is 1. The second-order valence-electron chi connectivity index (χ2n) is 4.17. The summed E-state index contributed by atoms with van der Waals surface area (Å²) in [5, 5.41) is 4.04. The second kappa shape index (κ2) is 3.73. The van der Waals surface area contributed by atoms with E-state index in [0.29, 0.717) is 11.2 Å². The lowest BCUT2D eigenvalue weighted by molar-refractivity contribution is 0.100. The minimum atomic E-state index is -0.494. The number of nitrogens with two attached hydrogens (primary N) is 1. The second-order valence-corrected chi connectivity index (χ2v) is 4.17. The van der Waals surface area contributed by atoms with Crippen LogP contribution in [0.4, 0.5) is 5.82 Å². The molecule has 1 amide bonds.